The maximum absolute atomic E-state index is 12.8. The van der Waals surface area contributed by atoms with Gasteiger partial charge in [0.2, 0.25) is 5.95 Å². The van der Waals surface area contributed by atoms with Gasteiger partial charge in [-0.2, -0.15) is 0 Å². The third-order valence-electron chi connectivity index (χ3n) is 4.36. The lowest BCUT2D eigenvalue weighted by molar-refractivity contribution is 0.00578. The Bertz CT molecular complexity index is 1080. The molecule has 0 unspecified atom stereocenters. The molecule has 3 rings (SSSR count). The predicted molar refractivity (Wildman–Crippen MR) is 108 cm³/mol. The lowest BCUT2D eigenvalue weighted by atomic mass is 9.81. The summed E-state index contributed by atoms with van der Waals surface area (Å²) in [5.41, 5.74) is -3.14. The summed E-state index contributed by atoms with van der Waals surface area (Å²) in [6.07, 6.45) is -3.01. The first-order chi connectivity index (χ1) is 16.7. The van der Waals surface area contributed by atoms with Crippen LogP contribution in [0.1, 0.15) is 62.2 Å². The minimum Gasteiger partial charge on any atom is -0.444 e. The number of hydrogen-bond acceptors (Lipinski definition) is 7. The zero-order valence-corrected chi connectivity index (χ0v) is 17.0. The number of ether oxygens (including phenoxy) is 1. The molecule has 0 aromatic carbocycles. The number of rotatable bonds is 2. The number of carbonyl (C=O) groups is 1. The molecule has 0 atom stereocenters. The normalized spacial score (nSPS) is 34.2. The number of piperazine rings is 1. The Labute approximate surface area is 181 Å². The van der Waals surface area contributed by atoms with Crippen molar-refractivity contribution in [2.24, 2.45) is 0 Å². The highest BCUT2D eigenvalue weighted by Crippen LogP contribution is 2.36. The van der Waals surface area contributed by atoms with Crippen molar-refractivity contribution in [1.29, 1.82) is 0 Å². The highest BCUT2D eigenvalue weighted by Gasteiger charge is 2.52. The third kappa shape index (κ3) is 4.41. The number of anilines is 1. The van der Waals surface area contributed by atoms with Crippen molar-refractivity contribution < 1.29 is 32.5 Å². The zero-order valence-electron chi connectivity index (χ0n) is 27.0. The van der Waals surface area contributed by atoms with E-state index in [9.17, 15) is 4.79 Å². The molecular formula is C19H31BN4O4. The number of hydrogen-bond donors (Lipinski definition) is 0. The molecule has 0 spiro atoms. The fourth-order valence-corrected chi connectivity index (χ4v) is 2.19. The molecule has 1 aromatic rings. The number of aromatic nitrogens is 2. The van der Waals surface area contributed by atoms with E-state index >= 15 is 0 Å². The van der Waals surface area contributed by atoms with Gasteiger partial charge in [0.1, 0.15) is 5.60 Å². The van der Waals surface area contributed by atoms with Crippen LogP contribution in [0.5, 0.6) is 0 Å². The molecule has 28 heavy (non-hydrogen) atoms. The molecule has 1 aromatic heterocycles. The largest absolute Gasteiger partial charge is 0.498 e. The van der Waals surface area contributed by atoms with Crippen molar-refractivity contribution in [3.63, 3.8) is 0 Å². The van der Waals surface area contributed by atoms with E-state index in [4.69, 9.17) is 27.8 Å². The first kappa shape index (κ1) is 11.4. The fraction of sp³-hybridized carbons (Fsp3) is 0.737. The van der Waals surface area contributed by atoms with Gasteiger partial charge < -0.3 is 23.8 Å². The van der Waals surface area contributed by atoms with Gasteiger partial charge in [-0.15, -0.1) is 0 Å². The van der Waals surface area contributed by atoms with E-state index in [1.807, 2.05) is 0 Å². The highest BCUT2D eigenvalue weighted by molar-refractivity contribution is 6.61. The molecule has 2 aliphatic rings. The first-order valence-corrected chi connectivity index (χ1v) is 8.77. The van der Waals surface area contributed by atoms with Crippen LogP contribution < -0.4 is 10.4 Å². The molecule has 1 amide bonds. The van der Waals surface area contributed by atoms with Gasteiger partial charge >= 0.3 is 13.2 Å². The lowest BCUT2D eigenvalue weighted by Crippen LogP contribution is -2.50. The third-order valence-corrected chi connectivity index (χ3v) is 4.36. The Balaban J connectivity index is 2.15. The maximum atomic E-state index is 12.8. The van der Waals surface area contributed by atoms with Gasteiger partial charge in [0, 0.05) is 43.8 Å². The van der Waals surface area contributed by atoms with E-state index in [2.05, 4.69) is 9.97 Å². The van der Waals surface area contributed by atoms with Crippen LogP contribution in [0.2, 0.25) is 0 Å². The standard InChI is InChI=1S/C19H31BN4O4/c1-17(2,3)26-16(25)24-10-8-23(9-11-24)15-21-12-14(13-22-15)20-27-18(4,5)19(6,7)28-20/h12-13H,8-11H2,1-7H3/i8D2,9D2,10D2,11D2,12D,13D. The maximum Gasteiger partial charge on any atom is 0.498 e. The summed E-state index contributed by atoms with van der Waals surface area (Å²) in [5.74, 6) is -0.980. The SMILES string of the molecule is [2H]c1nc(N2C([2H])([2H])C([2H])([2H])N(C(=O)OC(C)(C)C)C([2H])([2H])C2([2H])[2H])nc([2H])c1B1OC(C)(C)C(C)(C)O1. The summed E-state index contributed by atoms with van der Waals surface area (Å²) in [6.45, 7) is -2.85. The van der Waals surface area contributed by atoms with Gasteiger partial charge in [-0.1, -0.05) is 0 Å². The van der Waals surface area contributed by atoms with Gasteiger partial charge in [-0.3, -0.25) is 0 Å². The van der Waals surface area contributed by atoms with Crippen molar-refractivity contribution in [3.05, 3.63) is 12.3 Å². The highest BCUT2D eigenvalue weighted by atomic mass is 16.7. The van der Waals surface area contributed by atoms with Crippen LogP contribution in [0.25, 0.3) is 0 Å². The molecule has 3 heterocycles. The molecule has 154 valence electrons. The summed E-state index contributed by atoms with van der Waals surface area (Å²) in [6, 6.07) is 0. The molecule has 0 bridgehead atoms. The van der Waals surface area contributed by atoms with Crippen LogP contribution in [0.15, 0.2) is 12.3 Å². The molecule has 2 saturated heterocycles. The van der Waals surface area contributed by atoms with Crippen molar-refractivity contribution in [2.75, 3.05) is 30.9 Å². The van der Waals surface area contributed by atoms with Crippen molar-refractivity contribution >= 4 is 24.6 Å². The second kappa shape index (κ2) is 7.19. The van der Waals surface area contributed by atoms with E-state index in [0.717, 1.165) is 0 Å². The van der Waals surface area contributed by atoms with E-state index in [1.54, 1.807) is 27.7 Å². The summed E-state index contributed by atoms with van der Waals surface area (Å²) >= 11 is 0. The van der Waals surface area contributed by atoms with E-state index < -0.39 is 74.3 Å². The Hall–Kier alpha value is -1.87. The van der Waals surface area contributed by atoms with Crippen LogP contribution in [-0.4, -0.2) is 70.9 Å². The molecule has 0 radical (unpaired) electrons. The van der Waals surface area contributed by atoms with Gasteiger partial charge in [0.25, 0.3) is 0 Å². The van der Waals surface area contributed by atoms with Gasteiger partial charge in [0.15, 0.2) is 0 Å². The van der Waals surface area contributed by atoms with E-state index in [0.29, 0.717) is 0 Å². The second-order valence-electron chi connectivity index (χ2n) is 8.35. The monoisotopic (exact) mass is 400 g/mol. The number of amides is 1. The quantitative estimate of drug-likeness (QED) is 0.701. The molecule has 2 aliphatic heterocycles. The summed E-state index contributed by atoms with van der Waals surface area (Å²) in [5, 5.41) is 0. The molecule has 0 saturated carbocycles. The number of nitrogens with zero attached hydrogens (tertiary/aromatic N) is 4. The average Bonchev–Trinajstić information content (AvgIpc) is 2.84. The van der Waals surface area contributed by atoms with Crippen LogP contribution in [-0.2, 0) is 14.0 Å². The number of carbonyl (C=O) groups excluding carboxylic acids is 1. The van der Waals surface area contributed by atoms with Crippen LogP contribution >= 0.6 is 0 Å². The van der Waals surface area contributed by atoms with Gasteiger partial charge in [-0.05, 0) is 48.5 Å². The Morgan fingerprint density at radius 3 is 2.11 bits per heavy atom. The molecular weight excluding hydrogens is 359 g/mol. The van der Waals surface area contributed by atoms with Crippen LogP contribution in [0.4, 0.5) is 10.7 Å². The Morgan fingerprint density at radius 1 is 1.14 bits per heavy atom. The van der Waals surface area contributed by atoms with E-state index in [-0.39, 0.29) is 15.3 Å². The fourth-order valence-electron chi connectivity index (χ4n) is 2.19. The first-order valence-electron chi connectivity index (χ1n) is 13.8. The molecule has 8 nitrogen and oxygen atoms in total. The second-order valence-corrected chi connectivity index (χ2v) is 8.35. The zero-order chi connectivity index (χ0) is 29.7. The Kier molecular flexibility index (Phi) is 2.91. The van der Waals surface area contributed by atoms with Crippen molar-refractivity contribution in [2.45, 2.75) is 65.3 Å². The minimum atomic E-state index is -3.54. The van der Waals surface area contributed by atoms with Gasteiger partial charge in [0.05, 0.1) is 24.9 Å². The summed E-state index contributed by atoms with van der Waals surface area (Å²) in [7, 11) is -1.25. The molecule has 2 fully saturated rings. The molecule has 0 aliphatic carbocycles. The smallest absolute Gasteiger partial charge is 0.444 e. The summed E-state index contributed by atoms with van der Waals surface area (Å²) < 4.78 is 101. The van der Waals surface area contributed by atoms with Crippen molar-refractivity contribution in [3.8, 4) is 0 Å². The van der Waals surface area contributed by atoms with Crippen molar-refractivity contribution in [1.82, 2.24) is 14.9 Å². The van der Waals surface area contributed by atoms with E-state index in [1.165, 1.54) is 20.8 Å². The molecule has 0 N–H and O–H groups in total. The molecule has 9 heteroatoms. The lowest BCUT2D eigenvalue weighted by Gasteiger charge is -2.35. The Morgan fingerprint density at radius 2 is 1.64 bits per heavy atom. The summed E-state index contributed by atoms with van der Waals surface area (Å²) in [4.78, 5) is 20.1. The minimum absolute atomic E-state index is 0.0367. The topological polar surface area (TPSA) is 77.0 Å². The van der Waals surface area contributed by atoms with Crippen LogP contribution in [0.3, 0.4) is 0 Å². The average molecular weight is 400 g/mol. The van der Waals surface area contributed by atoms with Gasteiger partial charge in [-0.25, -0.2) is 14.8 Å². The van der Waals surface area contributed by atoms with Crippen LogP contribution in [0, 0.1) is 0 Å². The predicted octanol–water partition coefficient (Wildman–Crippen LogP) is 1.83.